The number of benzene rings is 3. The predicted octanol–water partition coefficient (Wildman–Crippen LogP) is 2.80. The molecule has 0 amide bonds. The molecule has 0 fully saturated rings. The van der Waals surface area contributed by atoms with E-state index in [-0.39, 0.29) is 29.8 Å². The smallest absolute Gasteiger partial charge is 0.176 e. The van der Waals surface area contributed by atoms with Gasteiger partial charge in [0.05, 0.1) is 6.61 Å². The number of hydrogen-bond donors (Lipinski definition) is 6. The third-order valence-electron chi connectivity index (χ3n) is 5.04. The minimum Gasteiger partial charge on any atom is -0.508 e. The Balaban J connectivity index is 1.80. The number of nitrogens with one attached hydrogen (secondary N) is 1. The second kappa shape index (κ2) is 10.2. The first kappa shape index (κ1) is 22.4. The summed E-state index contributed by atoms with van der Waals surface area (Å²) in [7, 11) is 0. The van der Waals surface area contributed by atoms with Gasteiger partial charge in [0, 0.05) is 18.0 Å². The molecule has 6 N–H and O–H groups in total. The van der Waals surface area contributed by atoms with Crippen molar-refractivity contribution in [1.82, 2.24) is 5.32 Å². The summed E-state index contributed by atoms with van der Waals surface area (Å²) in [5, 5.41) is 51.8. The van der Waals surface area contributed by atoms with Crippen molar-refractivity contribution in [2.75, 3.05) is 6.54 Å². The Labute approximate surface area is 180 Å². The van der Waals surface area contributed by atoms with Crippen LogP contribution in [0.1, 0.15) is 29.5 Å². The van der Waals surface area contributed by atoms with Gasteiger partial charge in [0.2, 0.25) is 0 Å². The maximum atomic E-state index is 10.2. The van der Waals surface area contributed by atoms with Crippen LogP contribution in [0.5, 0.6) is 23.0 Å². The first-order chi connectivity index (χ1) is 14.9. The highest BCUT2D eigenvalue weighted by atomic mass is 16.5. The molecule has 164 valence electrons. The van der Waals surface area contributed by atoms with E-state index in [0.29, 0.717) is 17.9 Å². The van der Waals surface area contributed by atoms with Crippen molar-refractivity contribution in [3.05, 3.63) is 83.4 Å². The third-order valence-corrected chi connectivity index (χ3v) is 5.04. The van der Waals surface area contributed by atoms with E-state index in [1.54, 1.807) is 37.3 Å². The lowest BCUT2D eigenvalue weighted by Crippen LogP contribution is -2.44. The van der Waals surface area contributed by atoms with E-state index in [1.165, 1.54) is 12.1 Å². The van der Waals surface area contributed by atoms with Crippen LogP contribution < -0.4 is 10.1 Å². The maximum Gasteiger partial charge on any atom is 0.176 e. The number of rotatable bonds is 9. The molecule has 0 aliphatic rings. The molecular weight excluding hydrogens is 398 g/mol. The molecule has 0 radical (unpaired) electrons. The molecular formula is C24H27NO6. The highest BCUT2D eigenvalue weighted by Crippen LogP contribution is 2.28. The summed E-state index contributed by atoms with van der Waals surface area (Å²) in [5.41, 5.74) is 2.20. The molecule has 0 heterocycles. The molecule has 2 atom stereocenters. The molecule has 0 aromatic heterocycles. The fourth-order valence-electron chi connectivity index (χ4n) is 3.29. The van der Waals surface area contributed by atoms with Crippen molar-refractivity contribution >= 4 is 0 Å². The highest BCUT2D eigenvalue weighted by molar-refractivity contribution is 5.39. The van der Waals surface area contributed by atoms with Gasteiger partial charge in [-0.25, -0.2) is 0 Å². The zero-order valence-electron chi connectivity index (χ0n) is 17.1. The molecule has 2 unspecified atom stereocenters. The summed E-state index contributed by atoms with van der Waals surface area (Å²) in [4.78, 5) is 0. The Morgan fingerprint density at radius 3 is 1.87 bits per heavy atom. The summed E-state index contributed by atoms with van der Waals surface area (Å²) < 4.78 is 5.87. The zero-order chi connectivity index (χ0) is 22.4. The molecule has 3 rings (SSSR count). The van der Waals surface area contributed by atoms with E-state index < -0.39 is 12.3 Å². The van der Waals surface area contributed by atoms with Crippen LogP contribution in [0.3, 0.4) is 0 Å². The molecule has 31 heavy (non-hydrogen) atoms. The first-order valence-electron chi connectivity index (χ1n) is 9.96. The van der Waals surface area contributed by atoms with Crippen LogP contribution >= 0.6 is 0 Å². The van der Waals surface area contributed by atoms with Crippen LogP contribution in [0, 0.1) is 0 Å². The molecule has 0 spiro atoms. The van der Waals surface area contributed by atoms with Crippen molar-refractivity contribution in [1.29, 1.82) is 0 Å². The first-order valence-corrected chi connectivity index (χ1v) is 9.96. The predicted molar refractivity (Wildman–Crippen MR) is 116 cm³/mol. The number of ether oxygens (including phenoxy) is 1. The quantitative estimate of drug-likeness (QED) is 0.292. The molecule has 7 heteroatoms. The number of phenols is 3. The summed E-state index contributed by atoms with van der Waals surface area (Å²) in [6.45, 7) is 1.66. The van der Waals surface area contributed by atoms with Crippen LogP contribution in [0.2, 0.25) is 0 Å². The van der Waals surface area contributed by atoms with E-state index in [9.17, 15) is 25.5 Å². The monoisotopic (exact) mass is 425 g/mol. The van der Waals surface area contributed by atoms with Gasteiger partial charge in [0.25, 0.3) is 0 Å². The van der Waals surface area contributed by atoms with Crippen LogP contribution in [-0.2, 0) is 6.61 Å². The van der Waals surface area contributed by atoms with Crippen molar-refractivity contribution in [2.24, 2.45) is 0 Å². The normalized spacial score (nSPS) is 13.2. The van der Waals surface area contributed by atoms with E-state index in [1.807, 2.05) is 24.3 Å². The molecule has 0 saturated carbocycles. The van der Waals surface area contributed by atoms with Gasteiger partial charge in [0.1, 0.15) is 29.1 Å². The molecule has 0 aliphatic carbocycles. The van der Waals surface area contributed by atoms with Gasteiger partial charge in [-0.2, -0.15) is 0 Å². The Bertz CT molecular complexity index is 927. The summed E-state index contributed by atoms with van der Waals surface area (Å²) >= 11 is 0. The Morgan fingerprint density at radius 1 is 0.839 bits per heavy atom. The average Bonchev–Trinajstić information content (AvgIpc) is 2.76. The lowest BCUT2D eigenvalue weighted by Gasteiger charge is -2.26. The average molecular weight is 425 g/mol. The van der Waals surface area contributed by atoms with Gasteiger partial charge in [-0.05, 0) is 60.5 Å². The van der Waals surface area contributed by atoms with Crippen LogP contribution in [-0.4, -0.2) is 44.4 Å². The minimum atomic E-state index is -0.855. The summed E-state index contributed by atoms with van der Waals surface area (Å²) in [5.74, 6) is 0.554. The lowest BCUT2D eigenvalue weighted by molar-refractivity contribution is 0.0265. The van der Waals surface area contributed by atoms with Crippen molar-refractivity contribution in [3.63, 3.8) is 0 Å². The largest absolute Gasteiger partial charge is 0.508 e. The van der Waals surface area contributed by atoms with Gasteiger partial charge in [0.15, 0.2) is 6.23 Å². The Kier molecular flexibility index (Phi) is 7.36. The second-order valence-electron chi connectivity index (χ2n) is 7.37. The number of phenolic OH excluding ortho intramolecular Hbond substituents is 2. The van der Waals surface area contributed by atoms with E-state index in [2.05, 4.69) is 5.32 Å². The van der Waals surface area contributed by atoms with Crippen molar-refractivity contribution < 1.29 is 30.3 Å². The molecule has 7 nitrogen and oxygen atoms in total. The van der Waals surface area contributed by atoms with Gasteiger partial charge in [-0.3, -0.25) is 5.32 Å². The second-order valence-corrected chi connectivity index (χ2v) is 7.37. The number of aliphatic hydroxyl groups is 2. The van der Waals surface area contributed by atoms with Gasteiger partial charge < -0.3 is 30.3 Å². The lowest BCUT2D eigenvalue weighted by atomic mass is 9.91. The van der Waals surface area contributed by atoms with Crippen LogP contribution in [0.4, 0.5) is 0 Å². The van der Waals surface area contributed by atoms with Gasteiger partial charge in [-0.1, -0.05) is 24.3 Å². The third kappa shape index (κ3) is 5.88. The van der Waals surface area contributed by atoms with E-state index in [4.69, 9.17) is 4.74 Å². The number of hydrogen-bond acceptors (Lipinski definition) is 7. The molecule has 0 bridgehead atoms. The van der Waals surface area contributed by atoms with Gasteiger partial charge in [-0.15, -0.1) is 0 Å². The van der Waals surface area contributed by atoms with Gasteiger partial charge >= 0.3 is 0 Å². The van der Waals surface area contributed by atoms with Crippen molar-refractivity contribution in [2.45, 2.75) is 31.8 Å². The molecule has 3 aromatic rings. The summed E-state index contributed by atoms with van der Waals surface area (Å²) in [6.07, 6.45) is -1.61. The topological polar surface area (TPSA) is 122 Å². The SMILES string of the molecule is CC(O)C(NCC(c1ccc(O)cc1)c1ccc(O)cc1)Oc1ccc(O)c(CO)c1. The zero-order valence-corrected chi connectivity index (χ0v) is 17.1. The van der Waals surface area contributed by atoms with Crippen molar-refractivity contribution in [3.8, 4) is 23.0 Å². The number of aliphatic hydroxyl groups excluding tert-OH is 2. The highest BCUT2D eigenvalue weighted by Gasteiger charge is 2.21. The standard InChI is InChI=1S/C24H27NO6/c1-15(27)24(31-21-10-11-23(30)18(12-21)14-26)25-13-22(16-2-6-19(28)7-3-16)17-4-8-20(29)9-5-17/h2-12,15,22,24-30H,13-14H2,1H3. The fraction of sp³-hybridized carbons (Fsp3) is 0.250. The maximum absolute atomic E-state index is 10.2. The molecule has 0 saturated heterocycles. The Morgan fingerprint density at radius 2 is 1.39 bits per heavy atom. The van der Waals surface area contributed by atoms with Crippen LogP contribution in [0.25, 0.3) is 0 Å². The Hall–Kier alpha value is -3.26. The molecule has 0 aliphatic heterocycles. The number of aromatic hydroxyl groups is 3. The fourth-order valence-corrected chi connectivity index (χ4v) is 3.29. The van der Waals surface area contributed by atoms with E-state index >= 15 is 0 Å². The molecule has 3 aromatic carbocycles. The summed E-state index contributed by atoms with van der Waals surface area (Å²) in [6, 6.07) is 18.2. The van der Waals surface area contributed by atoms with E-state index in [0.717, 1.165) is 11.1 Å². The van der Waals surface area contributed by atoms with Crippen LogP contribution in [0.15, 0.2) is 66.7 Å². The minimum absolute atomic E-state index is 0.0314.